The zero-order valence-corrected chi connectivity index (χ0v) is 14.5. The highest BCUT2D eigenvalue weighted by Gasteiger charge is 2.19. The second-order valence-electron chi connectivity index (χ2n) is 6.57. The van der Waals surface area contributed by atoms with E-state index in [0.717, 1.165) is 11.3 Å². The number of anilines is 1. The number of rotatable bonds is 4. The van der Waals surface area contributed by atoms with Crippen LogP contribution in [-0.4, -0.2) is 17.5 Å². The van der Waals surface area contributed by atoms with Gasteiger partial charge in [0.1, 0.15) is 0 Å². The molecule has 2 rings (SSSR count). The van der Waals surface area contributed by atoms with E-state index in [1.54, 1.807) is 23.4 Å². The highest BCUT2D eigenvalue weighted by atomic mass is 16.7. The van der Waals surface area contributed by atoms with E-state index in [1.165, 1.54) is 11.8 Å². The van der Waals surface area contributed by atoms with Crippen LogP contribution in [0.3, 0.4) is 0 Å². The molecule has 0 unspecified atom stereocenters. The van der Waals surface area contributed by atoms with Crippen molar-refractivity contribution in [3.05, 3.63) is 59.4 Å². The van der Waals surface area contributed by atoms with Gasteiger partial charge in [0.2, 0.25) is 0 Å². The molecule has 23 heavy (non-hydrogen) atoms. The number of benzene rings is 1. The van der Waals surface area contributed by atoms with Crippen molar-refractivity contribution >= 4 is 11.7 Å². The minimum Gasteiger partial charge on any atom is -0.335 e. The van der Waals surface area contributed by atoms with Crippen molar-refractivity contribution in [2.75, 3.05) is 11.6 Å². The first kappa shape index (κ1) is 17.0. The van der Waals surface area contributed by atoms with Gasteiger partial charge in [-0.2, -0.15) is 0 Å². The molecule has 0 saturated heterocycles. The summed E-state index contributed by atoms with van der Waals surface area (Å²) in [7, 11) is 0. The van der Waals surface area contributed by atoms with Gasteiger partial charge in [-0.25, -0.2) is 9.86 Å². The van der Waals surface area contributed by atoms with Crippen molar-refractivity contribution < 1.29 is 9.63 Å². The van der Waals surface area contributed by atoms with Crippen LogP contribution in [0.5, 0.6) is 0 Å². The monoisotopic (exact) mass is 312 g/mol. The molecular formula is C19H24N2O2. The Balaban J connectivity index is 2.29. The topological polar surface area (TPSA) is 42.4 Å². The third-order valence-corrected chi connectivity index (χ3v) is 3.72. The zero-order chi connectivity index (χ0) is 17.0. The van der Waals surface area contributed by atoms with Crippen molar-refractivity contribution in [2.24, 2.45) is 0 Å². The van der Waals surface area contributed by atoms with Gasteiger partial charge in [0.05, 0.1) is 17.8 Å². The van der Waals surface area contributed by atoms with Gasteiger partial charge < -0.3 is 4.84 Å². The number of pyridine rings is 1. The van der Waals surface area contributed by atoms with Crippen molar-refractivity contribution in [1.29, 1.82) is 0 Å². The van der Waals surface area contributed by atoms with Crippen LogP contribution in [0.1, 0.15) is 49.2 Å². The van der Waals surface area contributed by atoms with Crippen molar-refractivity contribution in [3.63, 3.8) is 0 Å². The predicted molar refractivity (Wildman–Crippen MR) is 92.6 cm³/mol. The van der Waals surface area contributed by atoms with Crippen molar-refractivity contribution in [2.45, 2.75) is 40.0 Å². The SMILES string of the molecule is CCN(OC(=O)c1cccnc1)c1cc(C(C)(C)C)ccc1C. The molecule has 0 amide bonds. The summed E-state index contributed by atoms with van der Waals surface area (Å²) >= 11 is 0. The highest BCUT2D eigenvalue weighted by molar-refractivity contribution is 5.89. The maximum absolute atomic E-state index is 12.3. The summed E-state index contributed by atoms with van der Waals surface area (Å²) in [6, 6.07) is 9.70. The maximum atomic E-state index is 12.3. The Morgan fingerprint density at radius 1 is 1.26 bits per heavy atom. The lowest BCUT2D eigenvalue weighted by molar-refractivity contribution is 0.0455. The number of aryl methyl sites for hydroxylation is 1. The molecule has 2 aromatic rings. The van der Waals surface area contributed by atoms with E-state index >= 15 is 0 Å². The van der Waals surface area contributed by atoms with Gasteiger partial charge in [-0.3, -0.25) is 4.98 Å². The summed E-state index contributed by atoms with van der Waals surface area (Å²) in [6.45, 7) is 11.0. The van der Waals surface area contributed by atoms with Gasteiger partial charge in [-0.15, -0.1) is 0 Å². The van der Waals surface area contributed by atoms with E-state index in [0.29, 0.717) is 12.1 Å². The molecule has 0 aliphatic carbocycles. The van der Waals surface area contributed by atoms with Crippen LogP contribution in [-0.2, 0) is 10.3 Å². The Labute approximate surface area is 138 Å². The Hall–Kier alpha value is -2.36. The fraction of sp³-hybridized carbons (Fsp3) is 0.368. The summed E-state index contributed by atoms with van der Waals surface area (Å²) in [6.07, 6.45) is 3.14. The lowest BCUT2D eigenvalue weighted by Crippen LogP contribution is -2.28. The largest absolute Gasteiger partial charge is 0.364 e. The molecule has 0 saturated carbocycles. The average molecular weight is 312 g/mol. The van der Waals surface area contributed by atoms with E-state index in [9.17, 15) is 4.79 Å². The number of aromatic nitrogens is 1. The zero-order valence-electron chi connectivity index (χ0n) is 14.5. The molecule has 0 aliphatic rings. The number of hydroxylamine groups is 1. The first-order valence-corrected chi connectivity index (χ1v) is 7.84. The van der Waals surface area contributed by atoms with Crippen molar-refractivity contribution in [3.8, 4) is 0 Å². The van der Waals surface area contributed by atoms with E-state index in [2.05, 4.69) is 44.0 Å². The number of carbonyl (C=O) groups is 1. The first-order chi connectivity index (χ1) is 10.8. The molecule has 0 fully saturated rings. The maximum Gasteiger partial charge on any atom is 0.364 e. The molecule has 1 heterocycles. The minimum absolute atomic E-state index is 0.0369. The predicted octanol–water partition coefficient (Wildman–Crippen LogP) is 4.29. The summed E-state index contributed by atoms with van der Waals surface area (Å²) in [5, 5.41) is 1.64. The van der Waals surface area contributed by atoms with Gasteiger partial charge in [0, 0.05) is 12.4 Å². The molecule has 0 bridgehead atoms. The lowest BCUT2D eigenvalue weighted by Gasteiger charge is -2.26. The molecule has 4 heteroatoms. The third kappa shape index (κ3) is 4.09. The minimum atomic E-state index is -0.402. The van der Waals surface area contributed by atoms with Crippen molar-refractivity contribution in [1.82, 2.24) is 4.98 Å². The van der Waals surface area contributed by atoms with Crippen LogP contribution in [0, 0.1) is 6.92 Å². The third-order valence-electron chi connectivity index (χ3n) is 3.72. The molecular weight excluding hydrogens is 288 g/mol. The molecule has 0 N–H and O–H groups in total. The molecule has 0 radical (unpaired) electrons. The highest BCUT2D eigenvalue weighted by Crippen LogP contribution is 2.29. The van der Waals surface area contributed by atoms with Crippen LogP contribution in [0.15, 0.2) is 42.7 Å². The van der Waals surface area contributed by atoms with Crippen LogP contribution >= 0.6 is 0 Å². The van der Waals surface area contributed by atoms with E-state index < -0.39 is 5.97 Å². The summed E-state index contributed by atoms with van der Waals surface area (Å²) < 4.78 is 0. The van der Waals surface area contributed by atoms with Gasteiger partial charge in [0.15, 0.2) is 0 Å². The Morgan fingerprint density at radius 3 is 2.57 bits per heavy atom. The first-order valence-electron chi connectivity index (χ1n) is 7.84. The molecule has 0 atom stereocenters. The van der Waals surface area contributed by atoms with E-state index in [-0.39, 0.29) is 5.41 Å². The van der Waals surface area contributed by atoms with E-state index in [4.69, 9.17) is 4.84 Å². The number of hydrogen-bond donors (Lipinski definition) is 0. The smallest absolute Gasteiger partial charge is 0.335 e. The van der Waals surface area contributed by atoms with Gasteiger partial charge >= 0.3 is 5.97 Å². The number of nitrogens with zero attached hydrogens (tertiary/aromatic N) is 2. The Morgan fingerprint density at radius 2 is 2.00 bits per heavy atom. The fourth-order valence-corrected chi connectivity index (χ4v) is 2.26. The number of hydrogen-bond acceptors (Lipinski definition) is 4. The second-order valence-corrected chi connectivity index (χ2v) is 6.57. The van der Waals surface area contributed by atoms with Crippen LogP contribution in [0.2, 0.25) is 0 Å². The fourth-order valence-electron chi connectivity index (χ4n) is 2.26. The molecule has 122 valence electrons. The Bertz CT molecular complexity index is 676. The van der Waals surface area contributed by atoms with Crippen LogP contribution in [0.4, 0.5) is 5.69 Å². The summed E-state index contributed by atoms with van der Waals surface area (Å²) in [5.41, 5.74) is 3.66. The molecule has 4 nitrogen and oxygen atoms in total. The lowest BCUT2D eigenvalue weighted by atomic mass is 9.86. The van der Waals surface area contributed by atoms with Gasteiger partial charge in [-0.1, -0.05) is 32.9 Å². The standard InChI is InChI=1S/C19H24N2O2/c1-6-21(23-18(22)15-8-7-11-20-13-15)17-12-16(19(3,4)5)10-9-14(17)2/h7-13H,6H2,1-5H3. The molecule has 0 aliphatic heterocycles. The second kappa shape index (κ2) is 6.82. The van der Waals surface area contributed by atoms with Gasteiger partial charge in [0.25, 0.3) is 0 Å². The quantitative estimate of drug-likeness (QED) is 0.790. The van der Waals surface area contributed by atoms with Crippen LogP contribution < -0.4 is 5.06 Å². The normalized spacial score (nSPS) is 11.2. The summed E-state index contributed by atoms with van der Waals surface area (Å²) in [4.78, 5) is 21.8. The van der Waals surface area contributed by atoms with Crippen LogP contribution in [0.25, 0.3) is 0 Å². The Kier molecular flexibility index (Phi) is 5.04. The molecule has 1 aromatic carbocycles. The molecule has 1 aromatic heterocycles. The number of carbonyl (C=O) groups excluding carboxylic acids is 1. The summed E-state index contributed by atoms with van der Waals surface area (Å²) in [5.74, 6) is -0.402. The molecule has 0 spiro atoms. The van der Waals surface area contributed by atoms with Gasteiger partial charge in [-0.05, 0) is 48.6 Å². The average Bonchev–Trinajstić information content (AvgIpc) is 2.53. The van der Waals surface area contributed by atoms with E-state index in [1.807, 2.05) is 13.8 Å².